The second-order valence-corrected chi connectivity index (χ2v) is 6.31. The zero-order valence-corrected chi connectivity index (χ0v) is 15.4. The topological polar surface area (TPSA) is 83.5 Å². The lowest BCUT2D eigenvalue weighted by atomic mass is 10.1. The second-order valence-electron chi connectivity index (χ2n) is 6.31. The molecule has 0 bridgehead atoms. The fourth-order valence-electron chi connectivity index (χ4n) is 3.01. The number of hydrogen-bond donors (Lipinski definition) is 1. The van der Waals surface area contributed by atoms with Crippen molar-refractivity contribution in [1.82, 2.24) is 20.1 Å². The minimum Gasteiger partial charge on any atom is -0.450 e. The van der Waals surface area contributed by atoms with E-state index in [1.165, 1.54) is 11.1 Å². The van der Waals surface area contributed by atoms with E-state index in [9.17, 15) is 4.79 Å². The number of nitrogens with one attached hydrogen (secondary N) is 1. The molecular formula is C18H24N6O2. The Labute approximate surface area is 153 Å². The van der Waals surface area contributed by atoms with Crippen LogP contribution in [0.25, 0.3) is 0 Å². The van der Waals surface area contributed by atoms with Crippen LogP contribution in [0.15, 0.2) is 24.4 Å². The van der Waals surface area contributed by atoms with Crippen LogP contribution in [0.4, 0.5) is 22.2 Å². The molecule has 3 rings (SSSR count). The van der Waals surface area contributed by atoms with Crippen LogP contribution in [-0.2, 0) is 4.74 Å². The number of nitrogens with zero attached hydrogens (tertiary/aromatic N) is 5. The first kappa shape index (κ1) is 17.9. The van der Waals surface area contributed by atoms with Crippen molar-refractivity contribution in [3.05, 3.63) is 35.5 Å². The quantitative estimate of drug-likeness (QED) is 0.901. The molecule has 1 fully saturated rings. The number of carbonyl (C=O) groups is 1. The maximum absolute atomic E-state index is 11.8. The molecular weight excluding hydrogens is 332 g/mol. The second kappa shape index (κ2) is 7.99. The van der Waals surface area contributed by atoms with Gasteiger partial charge in [0.05, 0.1) is 12.8 Å². The molecule has 8 heteroatoms. The van der Waals surface area contributed by atoms with Crippen LogP contribution in [0.1, 0.15) is 18.1 Å². The summed E-state index contributed by atoms with van der Waals surface area (Å²) in [5.41, 5.74) is 3.28. The summed E-state index contributed by atoms with van der Waals surface area (Å²) >= 11 is 0. The standard InChI is InChI=1S/C18H24N6O2/c1-4-26-18(25)24-7-5-23(6-8-24)16-12-19-22-17(21-16)20-15-10-13(2)9-14(3)11-15/h9-12H,4-8H2,1-3H3,(H,20,21,22). The van der Waals surface area contributed by atoms with E-state index in [4.69, 9.17) is 4.74 Å². The summed E-state index contributed by atoms with van der Waals surface area (Å²) in [6.45, 7) is 8.87. The monoisotopic (exact) mass is 356 g/mol. The van der Waals surface area contributed by atoms with Crippen molar-refractivity contribution >= 4 is 23.5 Å². The van der Waals surface area contributed by atoms with Gasteiger partial charge in [0.15, 0.2) is 5.82 Å². The Balaban J connectivity index is 1.65. The van der Waals surface area contributed by atoms with Gasteiger partial charge in [-0.3, -0.25) is 0 Å². The molecule has 0 radical (unpaired) electrons. The van der Waals surface area contributed by atoms with E-state index in [0.29, 0.717) is 38.7 Å². The van der Waals surface area contributed by atoms with Gasteiger partial charge in [-0.05, 0) is 44.0 Å². The summed E-state index contributed by atoms with van der Waals surface area (Å²) in [6.07, 6.45) is 1.39. The zero-order valence-electron chi connectivity index (χ0n) is 15.4. The molecule has 2 heterocycles. The van der Waals surface area contributed by atoms with Crippen molar-refractivity contribution in [3.63, 3.8) is 0 Å². The first-order valence-corrected chi connectivity index (χ1v) is 8.77. The molecule has 1 aliphatic rings. The predicted molar refractivity (Wildman–Crippen MR) is 99.8 cm³/mol. The summed E-state index contributed by atoms with van der Waals surface area (Å²) in [5, 5.41) is 11.3. The Morgan fingerprint density at radius 2 is 1.85 bits per heavy atom. The highest BCUT2D eigenvalue weighted by Crippen LogP contribution is 2.19. The molecule has 26 heavy (non-hydrogen) atoms. The zero-order chi connectivity index (χ0) is 18.5. The Hall–Kier alpha value is -2.90. The predicted octanol–water partition coefficient (Wildman–Crippen LogP) is 2.51. The largest absolute Gasteiger partial charge is 0.450 e. The molecule has 1 aromatic heterocycles. The number of piperazine rings is 1. The van der Waals surface area contributed by atoms with Crippen LogP contribution in [0.2, 0.25) is 0 Å². The third kappa shape index (κ3) is 4.38. The Morgan fingerprint density at radius 1 is 1.15 bits per heavy atom. The van der Waals surface area contributed by atoms with Gasteiger partial charge in [0.25, 0.3) is 0 Å². The van der Waals surface area contributed by atoms with E-state index < -0.39 is 0 Å². The van der Waals surface area contributed by atoms with Gasteiger partial charge in [-0.1, -0.05) is 6.07 Å². The number of benzene rings is 1. The molecule has 8 nitrogen and oxygen atoms in total. The number of amides is 1. The summed E-state index contributed by atoms with van der Waals surface area (Å²) in [4.78, 5) is 20.2. The molecule has 0 spiro atoms. The molecule has 1 saturated heterocycles. The first-order chi connectivity index (χ1) is 12.5. The van der Waals surface area contributed by atoms with Crippen LogP contribution in [0.5, 0.6) is 0 Å². The molecule has 1 aliphatic heterocycles. The van der Waals surface area contributed by atoms with E-state index in [1.54, 1.807) is 11.1 Å². The summed E-state index contributed by atoms with van der Waals surface area (Å²) in [7, 11) is 0. The van der Waals surface area contributed by atoms with Gasteiger partial charge in [0.2, 0.25) is 5.95 Å². The minimum absolute atomic E-state index is 0.259. The summed E-state index contributed by atoms with van der Waals surface area (Å²) in [6, 6.07) is 6.20. The van der Waals surface area contributed by atoms with Crippen molar-refractivity contribution in [2.24, 2.45) is 0 Å². The molecule has 1 aromatic carbocycles. The third-order valence-electron chi connectivity index (χ3n) is 4.15. The number of ether oxygens (including phenoxy) is 1. The SMILES string of the molecule is CCOC(=O)N1CCN(c2cnnc(Nc3cc(C)cc(C)c3)n2)CC1. The molecule has 138 valence electrons. The molecule has 0 atom stereocenters. The van der Waals surface area contributed by atoms with Gasteiger partial charge in [-0.25, -0.2) is 4.79 Å². The smallest absolute Gasteiger partial charge is 0.409 e. The Morgan fingerprint density at radius 3 is 2.50 bits per heavy atom. The molecule has 1 N–H and O–H groups in total. The number of rotatable bonds is 4. The van der Waals surface area contributed by atoms with Crippen molar-refractivity contribution in [1.29, 1.82) is 0 Å². The molecule has 0 saturated carbocycles. The van der Waals surface area contributed by atoms with E-state index in [2.05, 4.69) is 45.3 Å². The fraction of sp³-hybridized carbons (Fsp3) is 0.444. The van der Waals surface area contributed by atoms with Gasteiger partial charge in [0.1, 0.15) is 0 Å². The van der Waals surface area contributed by atoms with Crippen molar-refractivity contribution in [3.8, 4) is 0 Å². The number of carbonyl (C=O) groups excluding carboxylic acids is 1. The first-order valence-electron chi connectivity index (χ1n) is 8.77. The lowest BCUT2D eigenvalue weighted by Crippen LogP contribution is -2.49. The minimum atomic E-state index is -0.259. The lowest BCUT2D eigenvalue weighted by molar-refractivity contribution is 0.105. The van der Waals surface area contributed by atoms with Crippen LogP contribution in [-0.4, -0.2) is 59.0 Å². The Bertz CT molecular complexity index is 754. The average molecular weight is 356 g/mol. The average Bonchev–Trinajstić information content (AvgIpc) is 2.61. The highest BCUT2D eigenvalue weighted by Gasteiger charge is 2.23. The number of anilines is 3. The maximum atomic E-state index is 11.8. The lowest BCUT2D eigenvalue weighted by Gasteiger charge is -2.34. The van der Waals surface area contributed by atoms with E-state index >= 15 is 0 Å². The van der Waals surface area contributed by atoms with Crippen LogP contribution in [0, 0.1) is 13.8 Å². The van der Waals surface area contributed by atoms with E-state index in [0.717, 1.165) is 11.5 Å². The maximum Gasteiger partial charge on any atom is 0.409 e. The van der Waals surface area contributed by atoms with Crippen LogP contribution in [0.3, 0.4) is 0 Å². The Kier molecular flexibility index (Phi) is 5.50. The van der Waals surface area contributed by atoms with Crippen LogP contribution < -0.4 is 10.2 Å². The third-order valence-corrected chi connectivity index (χ3v) is 4.15. The number of hydrogen-bond acceptors (Lipinski definition) is 7. The fourth-order valence-corrected chi connectivity index (χ4v) is 3.01. The molecule has 0 unspecified atom stereocenters. The van der Waals surface area contributed by atoms with Crippen molar-refractivity contribution in [2.75, 3.05) is 43.0 Å². The number of aryl methyl sites for hydroxylation is 2. The van der Waals surface area contributed by atoms with Crippen molar-refractivity contribution in [2.45, 2.75) is 20.8 Å². The van der Waals surface area contributed by atoms with Gasteiger partial charge < -0.3 is 19.9 Å². The van der Waals surface area contributed by atoms with Gasteiger partial charge in [-0.2, -0.15) is 10.1 Å². The number of aromatic nitrogens is 3. The molecule has 2 aromatic rings. The summed E-state index contributed by atoms with van der Waals surface area (Å²) in [5.74, 6) is 1.20. The summed E-state index contributed by atoms with van der Waals surface area (Å²) < 4.78 is 5.05. The van der Waals surface area contributed by atoms with Gasteiger partial charge >= 0.3 is 6.09 Å². The van der Waals surface area contributed by atoms with Crippen molar-refractivity contribution < 1.29 is 9.53 Å². The highest BCUT2D eigenvalue weighted by molar-refractivity contribution is 5.68. The van der Waals surface area contributed by atoms with Gasteiger partial charge in [-0.15, -0.1) is 5.10 Å². The van der Waals surface area contributed by atoms with Crippen LogP contribution >= 0.6 is 0 Å². The van der Waals surface area contributed by atoms with Gasteiger partial charge in [0, 0.05) is 31.9 Å². The van der Waals surface area contributed by atoms with E-state index in [-0.39, 0.29) is 6.09 Å². The molecule has 0 aliphatic carbocycles. The van der Waals surface area contributed by atoms with E-state index in [1.807, 2.05) is 19.1 Å². The normalized spacial score (nSPS) is 14.3. The molecule has 1 amide bonds. The highest BCUT2D eigenvalue weighted by atomic mass is 16.6.